The number of hydrogen-bond donors (Lipinski definition) is 1. The number of Topliss-reactive ketones (excluding diaryl/α,β-unsaturated/α-hetero) is 1. The van der Waals surface area contributed by atoms with Crippen molar-refractivity contribution in [3.05, 3.63) is 34.9 Å². The highest BCUT2D eigenvalue weighted by Gasteiger charge is 2.39. The topological polar surface area (TPSA) is 37.3 Å². The quantitative estimate of drug-likeness (QED) is 0.840. The molecule has 0 bridgehead atoms. The lowest BCUT2D eigenvalue weighted by Gasteiger charge is -2.13. The molecule has 1 aromatic rings. The molecule has 0 fully saturated rings. The lowest BCUT2D eigenvalue weighted by atomic mass is 10.1. The van der Waals surface area contributed by atoms with Gasteiger partial charge in [0.15, 0.2) is 11.9 Å². The zero-order valence-electron chi connectivity index (χ0n) is 7.96. The van der Waals surface area contributed by atoms with E-state index >= 15 is 0 Å². The maximum Gasteiger partial charge on any atom is 0.414 e. The fourth-order valence-corrected chi connectivity index (χ4v) is 1.33. The van der Waals surface area contributed by atoms with Crippen LogP contribution in [0.2, 0.25) is 5.02 Å². The number of halogens is 4. The van der Waals surface area contributed by atoms with Crippen LogP contribution in [0.5, 0.6) is 0 Å². The number of carbonyl (C=O) groups is 1. The number of carbonyl (C=O) groups excluding carboxylic acids is 1. The highest BCUT2D eigenvalue weighted by atomic mass is 35.5. The van der Waals surface area contributed by atoms with E-state index in [4.69, 9.17) is 16.7 Å². The summed E-state index contributed by atoms with van der Waals surface area (Å²) in [4.78, 5) is 11.4. The van der Waals surface area contributed by atoms with Crippen molar-refractivity contribution in [2.75, 3.05) is 0 Å². The summed E-state index contributed by atoms with van der Waals surface area (Å²) in [5.41, 5.74) is -0.0209. The van der Waals surface area contributed by atoms with Crippen molar-refractivity contribution < 1.29 is 23.1 Å². The maximum atomic E-state index is 12.0. The Morgan fingerprint density at radius 2 is 1.94 bits per heavy atom. The van der Waals surface area contributed by atoms with Crippen LogP contribution in [0, 0.1) is 0 Å². The second kappa shape index (κ2) is 4.84. The number of benzene rings is 1. The number of aliphatic hydroxyl groups excluding tert-OH is 1. The molecule has 1 atom stereocenters. The molecule has 0 heterocycles. The summed E-state index contributed by atoms with van der Waals surface area (Å²) in [5.74, 6) is -0.838. The third kappa shape index (κ3) is 3.21. The van der Waals surface area contributed by atoms with Gasteiger partial charge in [-0.05, 0) is 12.1 Å². The van der Waals surface area contributed by atoms with Crippen molar-refractivity contribution in [3.63, 3.8) is 0 Å². The maximum absolute atomic E-state index is 12.0. The molecule has 16 heavy (non-hydrogen) atoms. The Hall–Kier alpha value is -1.07. The lowest BCUT2D eigenvalue weighted by Crippen LogP contribution is -2.30. The predicted molar refractivity (Wildman–Crippen MR) is 52.5 cm³/mol. The van der Waals surface area contributed by atoms with Gasteiger partial charge in [-0.2, -0.15) is 13.2 Å². The lowest BCUT2D eigenvalue weighted by molar-refractivity contribution is -0.202. The molecule has 0 aliphatic carbocycles. The van der Waals surface area contributed by atoms with Gasteiger partial charge in [0, 0.05) is 12.0 Å². The SMILES string of the molecule is O=C(C[C@@H](O)C(F)(F)F)c1ccccc1Cl. The molecule has 0 radical (unpaired) electrons. The van der Waals surface area contributed by atoms with E-state index in [2.05, 4.69) is 0 Å². The number of hydrogen-bond acceptors (Lipinski definition) is 2. The molecule has 0 spiro atoms. The van der Waals surface area contributed by atoms with E-state index in [0.717, 1.165) is 0 Å². The summed E-state index contributed by atoms with van der Waals surface area (Å²) >= 11 is 5.63. The Labute approximate surface area is 94.6 Å². The summed E-state index contributed by atoms with van der Waals surface area (Å²) in [6.07, 6.45) is -8.47. The fraction of sp³-hybridized carbons (Fsp3) is 0.300. The number of aliphatic hydroxyl groups is 1. The molecule has 1 N–H and O–H groups in total. The van der Waals surface area contributed by atoms with Crippen LogP contribution in [0.4, 0.5) is 13.2 Å². The molecule has 0 aliphatic heterocycles. The molecule has 0 unspecified atom stereocenters. The molecule has 2 nitrogen and oxygen atoms in total. The van der Waals surface area contributed by atoms with E-state index in [-0.39, 0.29) is 10.6 Å². The normalized spacial score (nSPS) is 13.6. The largest absolute Gasteiger partial charge is 0.414 e. The first kappa shape index (κ1) is 13.0. The minimum Gasteiger partial charge on any atom is -0.383 e. The minimum atomic E-state index is -4.79. The second-order valence-electron chi connectivity index (χ2n) is 3.16. The molecule has 0 aromatic heterocycles. The number of rotatable bonds is 3. The summed E-state index contributed by atoms with van der Waals surface area (Å²) in [6, 6.07) is 5.75. The summed E-state index contributed by atoms with van der Waals surface area (Å²) in [5, 5.41) is 8.79. The van der Waals surface area contributed by atoms with Gasteiger partial charge < -0.3 is 5.11 Å². The van der Waals surface area contributed by atoms with Gasteiger partial charge in [-0.25, -0.2) is 0 Å². The Bertz CT molecular complexity index is 390. The summed E-state index contributed by atoms with van der Waals surface area (Å²) < 4.78 is 36.0. The third-order valence-electron chi connectivity index (χ3n) is 1.93. The van der Waals surface area contributed by atoms with Crippen LogP contribution in [0.3, 0.4) is 0 Å². The van der Waals surface area contributed by atoms with Crippen LogP contribution in [0.25, 0.3) is 0 Å². The van der Waals surface area contributed by atoms with Crippen molar-refractivity contribution in [1.29, 1.82) is 0 Å². The highest BCUT2D eigenvalue weighted by molar-refractivity contribution is 6.33. The highest BCUT2D eigenvalue weighted by Crippen LogP contribution is 2.25. The summed E-state index contributed by atoms with van der Waals surface area (Å²) in [6.45, 7) is 0. The van der Waals surface area contributed by atoms with Gasteiger partial charge in [0.05, 0.1) is 5.02 Å². The van der Waals surface area contributed by atoms with E-state index in [0.29, 0.717) is 0 Å². The second-order valence-corrected chi connectivity index (χ2v) is 3.57. The van der Waals surface area contributed by atoms with E-state index in [1.54, 1.807) is 6.07 Å². The van der Waals surface area contributed by atoms with Crippen LogP contribution in [0.1, 0.15) is 16.8 Å². The van der Waals surface area contributed by atoms with Gasteiger partial charge in [0.1, 0.15) is 0 Å². The molecule has 1 aromatic carbocycles. The first-order valence-corrected chi connectivity index (χ1v) is 4.72. The van der Waals surface area contributed by atoms with Crippen LogP contribution >= 0.6 is 11.6 Å². The van der Waals surface area contributed by atoms with E-state index in [1.807, 2.05) is 0 Å². The molecule has 6 heteroatoms. The third-order valence-corrected chi connectivity index (χ3v) is 2.26. The Balaban J connectivity index is 2.78. The van der Waals surface area contributed by atoms with Crippen LogP contribution in [-0.2, 0) is 0 Å². The molecule has 0 saturated heterocycles. The van der Waals surface area contributed by atoms with E-state index in [9.17, 15) is 18.0 Å². The zero-order valence-corrected chi connectivity index (χ0v) is 8.72. The van der Waals surface area contributed by atoms with Gasteiger partial charge in [0.2, 0.25) is 0 Å². The molecule has 0 amide bonds. The van der Waals surface area contributed by atoms with Gasteiger partial charge in [-0.3, -0.25) is 4.79 Å². The van der Waals surface area contributed by atoms with Crippen molar-refractivity contribution in [1.82, 2.24) is 0 Å². The fourth-order valence-electron chi connectivity index (χ4n) is 1.09. The summed E-state index contributed by atoms with van der Waals surface area (Å²) in [7, 11) is 0. The standard InChI is InChI=1S/C10H8ClF3O2/c11-7-4-2-1-3-6(7)8(15)5-9(16)10(12,13)14/h1-4,9,16H,5H2/t9-/m1/s1. The first-order valence-electron chi connectivity index (χ1n) is 4.35. The van der Waals surface area contributed by atoms with Crippen molar-refractivity contribution in [3.8, 4) is 0 Å². The van der Waals surface area contributed by atoms with Gasteiger partial charge >= 0.3 is 6.18 Å². The van der Waals surface area contributed by atoms with Crippen molar-refractivity contribution in [2.24, 2.45) is 0 Å². The Kier molecular flexibility index (Phi) is 3.93. The van der Waals surface area contributed by atoms with Gasteiger partial charge in [-0.15, -0.1) is 0 Å². The molecule has 0 aliphatic rings. The van der Waals surface area contributed by atoms with Gasteiger partial charge in [0.25, 0.3) is 0 Å². The van der Waals surface area contributed by atoms with Crippen molar-refractivity contribution >= 4 is 17.4 Å². The first-order chi connectivity index (χ1) is 7.32. The molecular weight excluding hydrogens is 245 g/mol. The number of ketones is 1. The average Bonchev–Trinajstić information content (AvgIpc) is 2.16. The smallest absolute Gasteiger partial charge is 0.383 e. The molecule has 1 rings (SSSR count). The van der Waals surface area contributed by atoms with Crippen LogP contribution < -0.4 is 0 Å². The van der Waals surface area contributed by atoms with E-state index in [1.165, 1.54) is 18.2 Å². The van der Waals surface area contributed by atoms with Crippen LogP contribution in [0.15, 0.2) is 24.3 Å². The monoisotopic (exact) mass is 252 g/mol. The van der Waals surface area contributed by atoms with E-state index < -0.39 is 24.5 Å². The number of alkyl halides is 3. The average molecular weight is 253 g/mol. The molecule has 88 valence electrons. The van der Waals surface area contributed by atoms with Gasteiger partial charge in [-0.1, -0.05) is 23.7 Å². The Morgan fingerprint density at radius 1 is 1.38 bits per heavy atom. The Morgan fingerprint density at radius 3 is 2.44 bits per heavy atom. The molecule has 0 saturated carbocycles. The van der Waals surface area contributed by atoms with Crippen molar-refractivity contribution in [2.45, 2.75) is 18.7 Å². The van der Waals surface area contributed by atoms with Crippen LogP contribution in [-0.4, -0.2) is 23.2 Å². The zero-order chi connectivity index (χ0) is 12.3. The minimum absolute atomic E-state index is 0.0209. The predicted octanol–water partition coefficient (Wildman–Crippen LogP) is 2.84. The molecular formula is C10H8ClF3O2.